The van der Waals surface area contributed by atoms with E-state index in [0.29, 0.717) is 12.6 Å². The van der Waals surface area contributed by atoms with Crippen molar-refractivity contribution in [2.75, 3.05) is 32.0 Å². The molecule has 5 heteroatoms. The van der Waals surface area contributed by atoms with E-state index in [0.717, 1.165) is 37.2 Å². The molecule has 1 amide bonds. The standard InChI is InChI=1S/C15H22IN3O/c1-11-9-12(16)3-4-14(11)18-15(20)10-19(2)13-5-7-17-8-6-13/h3-4,9,13,17H,5-8,10H2,1-2H3,(H,18,20). The highest BCUT2D eigenvalue weighted by atomic mass is 127. The van der Waals surface area contributed by atoms with E-state index < -0.39 is 0 Å². The molecule has 2 rings (SSSR count). The van der Waals surface area contributed by atoms with Crippen LogP contribution in [0.4, 0.5) is 5.69 Å². The Labute approximate surface area is 134 Å². The first-order chi connectivity index (χ1) is 9.56. The van der Waals surface area contributed by atoms with Gasteiger partial charge >= 0.3 is 0 Å². The number of hydrogen-bond acceptors (Lipinski definition) is 3. The molecular weight excluding hydrogens is 365 g/mol. The summed E-state index contributed by atoms with van der Waals surface area (Å²) in [5.41, 5.74) is 2.02. The summed E-state index contributed by atoms with van der Waals surface area (Å²) in [7, 11) is 2.04. The summed E-state index contributed by atoms with van der Waals surface area (Å²) >= 11 is 2.28. The molecule has 1 aromatic rings. The number of carbonyl (C=O) groups excluding carboxylic acids is 1. The normalized spacial score (nSPS) is 16.4. The van der Waals surface area contributed by atoms with Crippen molar-refractivity contribution in [3.8, 4) is 0 Å². The molecular formula is C15H22IN3O. The Hall–Kier alpha value is -0.660. The second kappa shape index (κ2) is 7.38. The summed E-state index contributed by atoms with van der Waals surface area (Å²) in [5, 5.41) is 6.36. The van der Waals surface area contributed by atoms with Crippen LogP contribution < -0.4 is 10.6 Å². The number of likely N-dealkylation sites (N-methyl/N-ethyl adjacent to an activating group) is 1. The van der Waals surface area contributed by atoms with Crippen molar-refractivity contribution in [3.05, 3.63) is 27.3 Å². The Bertz CT molecular complexity index is 472. The quantitative estimate of drug-likeness (QED) is 0.779. The zero-order valence-corrected chi connectivity index (χ0v) is 14.2. The molecule has 1 saturated heterocycles. The smallest absolute Gasteiger partial charge is 0.238 e. The lowest BCUT2D eigenvalue weighted by atomic mass is 10.1. The lowest BCUT2D eigenvalue weighted by Crippen LogP contribution is -2.44. The van der Waals surface area contributed by atoms with E-state index in [9.17, 15) is 4.79 Å². The zero-order valence-electron chi connectivity index (χ0n) is 12.1. The van der Waals surface area contributed by atoms with Gasteiger partial charge in [-0.2, -0.15) is 0 Å². The third-order valence-electron chi connectivity index (χ3n) is 3.79. The number of piperidine rings is 1. The zero-order chi connectivity index (χ0) is 14.5. The third-order valence-corrected chi connectivity index (χ3v) is 4.46. The van der Waals surface area contributed by atoms with E-state index in [2.05, 4.69) is 44.2 Å². The first kappa shape index (κ1) is 15.7. The molecule has 0 radical (unpaired) electrons. The van der Waals surface area contributed by atoms with Crippen molar-refractivity contribution in [2.45, 2.75) is 25.8 Å². The minimum atomic E-state index is 0.0651. The van der Waals surface area contributed by atoms with Gasteiger partial charge in [0.2, 0.25) is 5.91 Å². The Morgan fingerprint density at radius 3 is 2.80 bits per heavy atom. The molecule has 0 unspecified atom stereocenters. The molecule has 1 fully saturated rings. The van der Waals surface area contributed by atoms with Gasteiger partial charge in [0.25, 0.3) is 0 Å². The summed E-state index contributed by atoms with van der Waals surface area (Å²) in [6.07, 6.45) is 2.23. The molecule has 0 atom stereocenters. The predicted molar refractivity (Wildman–Crippen MR) is 91.0 cm³/mol. The molecule has 0 aliphatic carbocycles. The van der Waals surface area contributed by atoms with Crippen LogP contribution in [0.3, 0.4) is 0 Å². The topological polar surface area (TPSA) is 44.4 Å². The van der Waals surface area contributed by atoms with Crippen molar-refractivity contribution in [1.82, 2.24) is 10.2 Å². The average molecular weight is 387 g/mol. The van der Waals surface area contributed by atoms with E-state index in [1.807, 2.05) is 26.1 Å². The Morgan fingerprint density at radius 1 is 1.45 bits per heavy atom. The maximum Gasteiger partial charge on any atom is 0.238 e. The van der Waals surface area contributed by atoms with Crippen LogP contribution in [0.1, 0.15) is 18.4 Å². The van der Waals surface area contributed by atoms with Gasteiger partial charge in [-0.1, -0.05) is 0 Å². The maximum atomic E-state index is 12.1. The summed E-state index contributed by atoms with van der Waals surface area (Å²) in [6, 6.07) is 6.58. The number of nitrogens with zero attached hydrogens (tertiary/aromatic N) is 1. The van der Waals surface area contributed by atoms with E-state index in [1.54, 1.807) is 0 Å². The highest BCUT2D eigenvalue weighted by Gasteiger charge is 2.19. The summed E-state index contributed by atoms with van der Waals surface area (Å²) < 4.78 is 1.19. The summed E-state index contributed by atoms with van der Waals surface area (Å²) in [6.45, 7) is 4.57. The van der Waals surface area contributed by atoms with Crippen LogP contribution >= 0.6 is 22.6 Å². The number of hydrogen-bond donors (Lipinski definition) is 2. The second-order valence-corrected chi connectivity index (χ2v) is 6.65. The number of nitrogens with one attached hydrogen (secondary N) is 2. The third kappa shape index (κ3) is 4.43. The fourth-order valence-electron chi connectivity index (χ4n) is 2.56. The summed E-state index contributed by atoms with van der Waals surface area (Å²) in [4.78, 5) is 14.3. The molecule has 0 bridgehead atoms. The number of carbonyl (C=O) groups is 1. The van der Waals surface area contributed by atoms with Crippen LogP contribution in [-0.2, 0) is 4.79 Å². The second-order valence-electron chi connectivity index (χ2n) is 5.40. The van der Waals surface area contributed by atoms with Crippen LogP contribution in [0.15, 0.2) is 18.2 Å². The van der Waals surface area contributed by atoms with Gasteiger partial charge in [-0.25, -0.2) is 0 Å². The largest absolute Gasteiger partial charge is 0.325 e. The van der Waals surface area contributed by atoms with Gasteiger partial charge in [0, 0.05) is 15.3 Å². The molecule has 110 valence electrons. The van der Waals surface area contributed by atoms with Crippen LogP contribution in [-0.4, -0.2) is 43.5 Å². The maximum absolute atomic E-state index is 12.1. The van der Waals surface area contributed by atoms with Crippen LogP contribution in [0.5, 0.6) is 0 Å². The number of rotatable bonds is 4. The minimum Gasteiger partial charge on any atom is -0.325 e. The molecule has 0 aromatic heterocycles. The molecule has 1 aliphatic heterocycles. The van der Waals surface area contributed by atoms with E-state index in [1.165, 1.54) is 3.57 Å². The van der Waals surface area contributed by atoms with Gasteiger partial charge in [-0.15, -0.1) is 0 Å². The van der Waals surface area contributed by atoms with Gasteiger partial charge in [0.15, 0.2) is 0 Å². The van der Waals surface area contributed by atoms with Crippen LogP contribution in [0.25, 0.3) is 0 Å². The van der Waals surface area contributed by atoms with Crippen molar-refractivity contribution in [1.29, 1.82) is 0 Å². The van der Waals surface area contributed by atoms with Gasteiger partial charge in [0.1, 0.15) is 0 Å². The molecule has 0 spiro atoms. The number of anilines is 1. The molecule has 2 N–H and O–H groups in total. The Balaban J connectivity index is 1.88. The van der Waals surface area contributed by atoms with E-state index in [4.69, 9.17) is 0 Å². The van der Waals surface area contributed by atoms with Crippen molar-refractivity contribution in [2.24, 2.45) is 0 Å². The number of amides is 1. The Kier molecular flexibility index (Phi) is 5.80. The SMILES string of the molecule is Cc1cc(I)ccc1NC(=O)CN(C)C1CCNCC1. The van der Waals surface area contributed by atoms with E-state index in [-0.39, 0.29) is 5.91 Å². The number of halogens is 1. The molecule has 4 nitrogen and oxygen atoms in total. The molecule has 1 heterocycles. The lowest BCUT2D eigenvalue weighted by molar-refractivity contribution is -0.117. The first-order valence-corrected chi connectivity index (χ1v) is 8.11. The molecule has 1 aromatic carbocycles. The molecule has 0 saturated carbocycles. The molecule has 1 aliphatic rings. The van der Waals surface area contributed by atoms with E-state index >= 15 is 0 Å². The number of benzene rings is 1. The van der Waals surface area contributed by atoms with Crippen molar-refractivity contribution < 1.29 is 4.79 Å². The van der Waals surface area contributed by atoms with Crippen molar-refractivity contribution in [3.63, 3.8) is 0 Å². The van der Waals surface area contributed by atoms with Crippen molar-refractivity contribution >= 4 is 34.2 Å². The highest BCUT2D eigenvalue weighted by molar-refractivity contribution is 14.1. The fourth-order valence-corrected chi connectivity index (χ4v) is 3.21. The van der Waals surface area contributed by atoms with Gasteiger partial charge in [0.05, 0.1) is 6.54 Å². The fraction of sp³-hybridized carbons (Fsp3) is 0.533. The Morgan fingerprint density at radius 2 is 2.15 bits per heavy atom. The van der Waals surface area contributed by atoms with Crippen LogP contribution in [0.2, 0.25) is 0 Å². The lowest BCUT2D eigenvalue weighted by Gasteiger charge is -2.31. The summed E-state index contributed by atoms with van der Waals surface area (Å²) in [5.74, 6) is 0.0651. The van der Waals surface area contributed by atoms with Gasteiger partial charge < -0.3 is 10.6 Å². The number of aryl methyl sites for hydroxylation is 1. The molecule has 20 heavy (non-hydrogen) atoms. The van der Waals surface area contributed by atoms with Gasteiger partial charge in [-0.3, -0.25) is 9.69 Å². The van der Waals surface area contributed by atoms with Crippen LogP contribution in [0, 0.1) is 10.5 Å². The van der Waals surface area contributed by atoms with Gasteiger partial charge in [-0.05, 0) is 86.3 Å². The predicted octanol–water partition coefficient (Wildman–Crippen LogP) is 2.22. The minimum absolute atomic E-state index is 0.0651. The first-order valence-electron chi connectivity index (χ1n) is 7.03. The monoisotopic (exact) mass is 387 g/mol. The average Bonchev–Trinajstić information content (AvgIpc) is 2.43. The highest BCUT2D eigenvalue weighted by Crippen LogP contribution is 2.18.